The molecule has 0 aliphatic heterocycles. The first kappa shape index (κ1) is 18.0. The van der Waals surface area contributed by atoms with Gasteiger partial charge in [0.15, 0.2) is 0 Å². The molecule has 0 spiro atoms. The summed E-state index contributed by atoms with van der Waals surface area (Å²) in [6.45, 7) is 2.44. The van der Waals surface area contributed by atoms with Crippen LogP contribution in [0.4, 0.5) is 16.2 Å². The molecule has 1 aromatic heterocycles. The standard InChI is InChI=1S/C22H19N3O2S/c1-2-27-19-12-5-3-10-17(19)25-22(26)23-16-9-7-8-15(14-16)21-24-18-11-4-6-13-20(18)28-21/h3-14H,2H2,1H3,(H2,23,25,26). The summed E-state index contributed by atoms with van der Waals surface area (Å²) in [4.78, 5) is 17.1. The van der Waals surface area contributed by atoms with Crippen LogP contribution in [0.1, 0.15) is 6.92 Å². The zero-order chi connectivity index (χ0) is 19.3. The van der Waals surface area contributed by atoms with E-state index in [1.165, 1.54) is 0 Å². The number of hydrogen-bond acceptors (Lipinski definition) is 4. The molecule has 140 valence electrons. The summed E-state index contributed by atoms with van der Waals surface area (Å²) < 4.78 is 6.68. The molecule has 0 saturated heterocycles. The van der Waals surface area contributed by atoms with E-state index in [9.17, 15) is 4.79 Å². The van der Waals surface area contributed by atoms with Crippen LogP contribution in [0.25, 0.3) is 20.8 Å². The van der Waals surface area contributed by atoms with E-state index < -0.39 is 0 Å². The Morgan fingerprint density at radius 2 is 1.82 bits per heavy atom. The van der Waals surface area contributed by atoms with E-state index in [0.717, 1.165) is 20.8 Å². The van der Waals surface area contributed by atoms with Gasteiger partial charge in [-0.25, -0.2) is 9.78 Å². The van der Waals surface area contributed by atoms with Gasteiger partial charge >= 0.3 is 6.03 Å². The third-order valence-corrected chi connectivity index (χ3v) is 5.18. The Labute approximate surface area is 167 Å². The lowest BCUT2D eigenvalue weighted by molar-refractivity contribution is 0.262. The molecule has 0 bridgehead atoms. The Balaban J connectivity index is 1.51. The molecule has 0 saturated carbocycles. The van der Waals surface area contributed by atoms with Crippen molar-refractivity contribution in [3.8, 4) is 16.3 Å². The summed E-state index contributed by atoms with van der Waals surface area (Å²) in [5.74, 6) is 0.642. The smallest absolute Gasteiger partial charge is 0.323 e. The Bertz CT molecular complexity index is 1090. The number of nitrogens with zero attached hydrogens (tertiary/aromatic N) is 1. The van der Waals surface area contributed by atoms with Crippen molar-refractivity contribution in [2.45, 2.75) is 6.92 Å². The third kappa shape index (κ3) is 3.97. The minimum absolute atomic E-state index is 0.325. The summed E-state index contributed by atoms with van der Waals surface area (Å²) in [7, 11) is 0. The Morgan fingerprint density at radius 1 is 1.00 bits per heavy atom. The van der Waals surface area contributed by atoms with Crippen LogP contribution in [0, 0.1) is 0 Å². The Kier molecular flexibility index (Phi) is 5.21. The van der Waals surface area contributed by atoms with Gasteiger partial charge in [-0.05, 0) is 43.3 Å². The van der Waals surface area contributed by atoms with Gasteiger partial charge in [-0.2, -0.15) is 0 Å². The highest BCUT2D eigenvalue weighted by Crippen LogP contribution is 2.31. The number of fused-ring (bicyclic) bond motifs is 1. The summed E-state index contributed by atoms with van der Waals surface area (Å²) in [6.07, 6.45) is 0. The Morgan fingerprint density at radius 3 is 2.68 bits per heavy atom. The molecule has 0 aliphatic rings. The number of urea groups is 1. The van der Waals surface area contributed by atoms with Crippen molar-refractivity contribution < 1.29 is 9.53 Å². The third-order valence-electron chi connectivity index (χ3n) is 4.10. The molecule has 0 unspecified atom stereocenters. The number of anilines is 2. The van der Waals surface area contributed by atoms with Crippen molar-refractivity contribution in [2.24, 2.45) is 0 Å². The van der Waals surface area contributed by atoms with E-state index in [1.54, 1.807) is 11.3 Å². The van der Waals surface area contributed by atoms with Gasteiger partial charge in [0.25, 0.3) is 0 Å². The van der Waals surface area contributed by atoms with Crippen molar-refractivity contribution >= 4 is 39.0 Å². The van der Waals surface area contributed by atoms with Crippen LogP contribution in [0.5, 0.6) is 5.75 Å². The number of hydrogen-bond donors (Lipinski definition) is 2. The van der Waals surface area contributed by atoms with Crippen LogP contribution in [-0.4, -0.2) is 17.6 Å². The van der Waals surface area contributed by atoms with Gasteiger partial charge in [-0.3, -0.25) is 0 Å². The first-order chi connectivity index (χ1) is 13.7. The average Bonchev–Trinajstić information content (AvgIpc) is 3.14. The normalized spacial score (nSPS) is 10.6. The van der Waals surface area contributed by atoms with Crippen molar-refractivity contribution in [3.63, 3.8) is 0 Å². The maximum atomic E-state index is 12.4. The molecular weight excluding hydrogens is 370 g/mol. The minimum atomic E-state index is -0.325. The van der Waals surface area contributed by atoms with Crippen LogP contribution >= 0.6 is 11.3 Å². The number of thiazole rings is 1. The van der Waals surface area contributed by atoms with Crippen molar-refractivity contribution in [1.29, 1.82) is 0 Å². The van der Waals surface area contributed by atoms with Crippen LogP contribution in [0.3, 0.4) is 0 Å². The first-order valence-electron chi connectivity index (χ1n) is 8.99. The van der Waals surface area contributed by atoms with Gasteiger partial charge in [-0.15, -0.1) is 11.3 Å². The Hall–Kier alpha value is -3.38. The fourth-order valence-corrected chi connectivity index (χ4v) is 3.82. The fourth-order valence-electron chi connectivity index (χ4n) is 2.86. The number of rotatable bonds is 5. The van der Waals surface area contributed by atoms with E-state index >= 15 is 0 Å². The summed E-state index contributed by atoms with van der Waals surface area (Å²) in [5.41, 5.74) is 3.27. The molecule has 2 N–H and O–H groups in total. The van der Waals surface area contributed by atoms with Crippen molar-refractivity contribution in [1.82, 2.24) is 4.98 Å². The second-order valence-electron chi connectivity index (χ2n) is 6.08. The fraction of sp³-hybridized carbons (Fsp3) is 0.0909. The van der Waals surface area contributed by atoms with E-state index in [4.69, 9.17) is 4.74 Å². The molecule has 3 aromatic carbocycles. The highest BCUT2D eigenvalue weighted by atomic mass is 32.1. The number of carbonyl (C=O) groups excluding carboxylic acids is 1. The number of benzene rings is 3. The monoisotopic (exact) mass is 389 g/mol. The number of carbonyl (C=O) groups is 1. The number of ether oxygens (including phenoxy) is 1. The lowest BCUT2D eigenvalue weighted by Gasteiger charge is -2.12. The summed E-state index contributed by atoms with van der Waals surface area (Å²) in [5, 5.41) is 6.63. The lowest BCUT2D eigenvalue weighted by Crippen LogP contribution is -2.19. The van der Waals surface area contributed by atoms with Gasteiger partial charge in [0.1, 0.15) is 10.8 Å². The summed E-state index contributed by atoms with van der Waals surface area (Å²) in [6, 6.07) is 22.8. The van der Waals surface area contributed by atoms with Crippen molar-refractivity contribution in [2.75, 3.05) is 17.2 Å². The maximum absolute atomic E-state index is 12.4. The highest BCUT2D eigenvalue weighted by Gasteiger charge is 2.10. The molecule has 0 aliphatic carbocycles. The molecule has 5 nitrogen and oxygen atoms in total. The highest BCUT2D eigenvalue weighted by molar-refractivity contribution is 7.21. The number of amides is 2. The second-order valence-corrected chi connectivity index (χ2v) is 7.11. The van der Waals surface area contributed by atoms with Gasteiger partial charge in [0.2, 0.25) is 0 Å². The zero-order valence-electron chi connectivity index (χ0n) is 15.3. The minimum Gasteiger partial charge on any atom is -0.492 e. The molecular formula is C22H19N3O2S. The predicted molar refractivity (Wildman–Crippen MR) is 115 cm³/mol. The second kappa shape index (κ2) is 8.10. The van der Waals surface area contributed by atoms with Crippen molar-refractivity contribution in [3.05, 3.63) is 72.8 Å². The maximum Gasteiger partial charge on any atom is 0.323 e. The quantitative estimate of drug-likeness (QED) is 0.440. The molecule has 1 heterocycles. The van der Waals surface area contributed by atoms with Gasteiger partial charge < -0.3 is 15.4 Å². The number of para-hydroxylation sites is 3. The molecule has 28 heavy (non-hydrogen) atoms. The number of nitrogens with one attached hydrogen (secondary N) is 2. The van der Waals surface area contributed by atoms with E-state index in [2.05, 4.69) is 21.7 Å². The van der Waals surface area contributed by atoms with Crippen LogP contribution < -0.4 is 15.4 Å². The first-order valence-corrected chi connectivity index (χ1v) is 9.80. The predicted octanol–water partition coefficient (Wildman–Crippen LogP) is 6.01. The number of aromatic nitrogens is 1. The molecule has 0 atom stereocenters. The molecule has 4 rings (SSSR count). The van der Waals surface area contributed by atoms with Crippen LogP contribution in [-0.2, 0) is 0 Å². The largest absolute Gasteiger partial charge is 0.492 e. The molecule has 0 radical (unpaired) electrons. The van der Waals surface area contributed by atoms with E-state index in [0.29, 0.717) is 23.7 Å². The zero-order valence-corrected chi connectivity index (χ0v) is 16.1. The molecule has 0 fully saturated rings. The molecule has 6 heteroatoms. The topological polar surface area (TPSA) is 63.2 Å². The van der Waals surface area contributed by atoms with E-state index in [1.807, 2.05) is 73.7 Å². The molecule has 4 aromatic rings. The summed E-state index contributed by atoms with van der Waals surface area (Å²) >= 11 is 1.63. The average molecular weight is 389 g/mol. The van der Waals surface area contributed by atoms with E-state index in [-0.39, 0.29) is 6.03 Å². The van der Waals surface area contributed by atoms with Gasteiger partial charge in [0, 0.05) is 11.3 Å². The van der Waals surface area contributed by atoms with Gasteiger partial charge in [0.05, 0.1) is 22.5 Å². The van der Waals surface area contributed by atoms with Crippen LogP contribution in [0.15, 0.2) is 72.8 Å². The SMILES string of the molecule is CCOc1ccccc1NC(=O)Nc1cccc(-c2nc3ccccc3s2)c1. The van der Waals surface area contributed by atoms with Gasteiger partial charge in [-0.1, -0.05) is 36.4 Å². The molecule has 2 amide bonds. The lowest BCUT2D eigenvalue weighted by atomic mass is 10.2. The van der Waals surface area contributed by atoms with Crippen LogP contribution in [0.2, 0.25) is 0 Å².